The Morgan fingerprint density at radius 1 is 1.30 bits per heavy atom. The molecule has 0 spiro atoms. The summed E-state index contributed by atoms with van der Waals surface area (Å²) in [7, 11) is 0. The summed E-state index contributed by atoms with van der Waals surface area (Å²) in [5.41, 5.74) is 2.16. The molecule has 2 N–H and O–H groups in total. The van der Waals surface area contributed by atoms with Crippen LogP contribution in [0.25, 0.3) is 11.2 Å². The number of hydrogen-bond donors (Lipinski definition) is 2. The van der Waals surface area contributed by atoms with Crippen molar-refractivity contribution >= 4 is 57.1 Å². The summed E-state index contributed by atoms with van der Waals surface area (Å²) in [6.45, 7) is 1.98. The number of imidazole rings is 1. The maximum atomic E-state index is 12.5. The van der Waals surface area contributed by atoms with Crippen LogP contribution in [0.2, 0.25) is 0 Å². The highest BCUT2D eigenvalue weighted by Crippen LogP contribution is 2.28. The van der Waals surface area contributed by atoms with Crippen LogP contribution in [-0.2, 0) is 4.79 Å². The third-order valence-electron chi connectivity index (χ3n) is 3.22. The second kappa shape index (κ2) is 7.26. The first-order valence-corrected chi connectivity index (χ1v) is 9.00. The number of H-pyrrole nitrogens is 1. The number of amides is 1. The van der Waals surface area contributed by atoms with Gasteiger partial charge in [0.05, 0.1) is 11.6 Å². The Kier molecular flexibility index (Phi) is 5.11. The molecule has 2 heterocycles. The van der Waals surface area contributed by atoms with Gasteiger partial charge in [0.15, 0.2) is 5.65 Å². The zero-order chi connectivity index (χ0) is 16.2. The first-order valence-electron chi connectivity index (χ1n) is 7.04. The molecular formula is C15H14IN5OS. The van der Waals surface area contributed by atoms with E-state index >= 15 is 0 Å². The van der Waals surface area contributed by atoms with E-state index in [1.54, 1.807) is 6.33 Å². The largest absolute Gasteiger partial charge is 0.341 e. The Balaban J connectivity index is 1.75. The van der Waals surface area contributed by atoms with E-state index in [1.165, 1.54) is 18.1 Å². The Morgan fingerprint density at radius 3 is 2.83 bits per heavy atom. The Hall–Kier alpha value is -1.68. The first kappa shape index (κ1) is 16.2. The smallest absolute Gasteiger partial charge is 0.237 e. The molecule has 1 aromatic carbocycles. The number of aromatic nitrogens is 4. The number of aromatic amines is 1. The molecule has 0 unspecified atom stereocenters. The molecule has 0 aliphatic carbocycles. The highest BCUT2D eigenvalue weighted by Gasteiger charge is 2.20. The fraction of sp³-hybridized carbons (Fsp3) is 0.200. The molecule has 3 aromatic rings. The van der Waals surface area contributed by atoms with Crippen molar-refractivity contribution in [2.24, 2.45) is 0 Å². The van der Waals surface area contributed by atoms with Gasteiger partial charge in [-0.25, -0.2) is 15.0 Å². The summed E-state index contributed by atoms with van der Waals surface area (Å²) in [6, 6.07) is 7.72. The van der Waals surface area contributed by atoms with Crippen molar-refractivity contribution < 1.29 is 4.79 Å². The number of fused-ring (bicyclic) bond motifs is 1. The molecule has 6 nitrogen and oxygen atoms in total. The first-order chi connectivity index (χ1) is 11.2. The van der Waals surface area contributed by atoms with Gasteiger partial charge in [-0.05, 0) is 53.3 Å². The third-order valence-corrected chi connectivity index (χ3v) is 5.30. The molecule has 23 heavy (non-hydrogen) atoms. The lowest BCUT2D eigenvalue weighted by molar-refractivity contribution is -0.115. The van der Waals surface area contributed by atoms with E-state index in [4.69, 9.17) is 0 Å². The van der Waals surface area contributed by atoms with Gasteiger partial charge >= 0.3 is 0 Å². The number of hydrogen-bond acceptors (Lipinski definition) is 5. The van der Waals surface area contributed by atoms with E-state index < -0.39 is 0 Å². The number of rotatable bonds is 5. The molecule has 3 rings (SSSR count). The van der Waals surface area contributed by atoms with E-state index in [2.05, 4.69) is 47.8 Å². The molecule has 0 saturated carbocycles. The van der Waals surface area contributed by atoms with Crippen LogP contribution in [0.4, 0.5) is 5.69 Å². The monoisotopic (exact) mass is 439 g/mol. The molecule has 0 aliphatic heterocycles. The predicted molar refractivity (Wildman–Crippen MR) is 99.4 cm³/mol. The Bertz CT molecular complexity index is 820. The number of halogens is 1. The standard InChI is InChI=1S/C15H14IN5OS/c1-2-11(14(22)21-10-5-3-9(16)4-6-10)23-15-12-13(18-7-17-12)19-8-20-15/h3-8,11H,2H2,1H3,(H,21,22)(H,17,18,19,20)/t11-/m0/s1. The normalized spacial score (nSPS) is 12.3. The Morgan fingerprint density at radius 2 is 2.09 bits per heavy atom. The van der Waals surface area contributed by atoms with Gasteiger partial charge in [-0.1, -0.05) is 18.7 Å². The fourth-order valence-electron chi connectivity index (χ4n) is 2.05. The number of thioether (sulfide) groups is 1. The highest BCUT2D eigenvalue weighted by molar-refractivity contribution is 14.1. The van der Waals surface area contributed by atoms with Gasteiger partial charge in [-0.2, -0.15) is 0 Å². The lowest BCUT2D eigenvalue weighted by Crippen LogP contribution is -2.24. The second-order valence-electron chi connectivity index (χ2n) is 4.79. The number of carbonyl (C=O) groups is 1. The van der Waals surface area contributed by atoms with E-state index in [9.17, 15) is 4.79 Å². The van der Waals surface area contributed by atoms with E-state index in [0.717, 1.165) is 19.8 Å². The van der Waals surface area contributed by atoms with Crippen LogP contribution < -0.4 is 5.32 Å². The average molecular weight is 439 g/mol. The van der Waals surface area contributed by atoms with Gasteiger partial charge in [0.1, 0.15) is 16.9 Å². The maximum Gasteiger partial charge on any atom is 0.237 e. The quantitative estimate of drug-likeness (QED) is 0.362. The summed E-state index contributed by atoms with van der Waals surface area (Å²) >= 11 is 3.65. The minimum atomic E-state index is -0.240. The van der Waals surface area contributed by atoms with Crippen LogP contribution in [0.3, 0.4) is 0 Å². The van der Waals surface area contributed by atoms with Crippen LogP contribution >= 0.6 is 34.4 Å². The summed E-state index contributed by atoms with van der Waals surface area (Å²) in [4.78, 5) is 28.0. The van der Waals surface area contributed by atoms with Gasteiger partial charge in [-0.3, -0.25) is 4.79 Å². The third kappa shape index (κ3) is 3.81. The van der Waals surface area contributed by atoms with Crippen molar-refractivity contribution in [2.45, 2.75) is 23.6 Å². The molecule has 0 aliphatic rings. The number of nitrogens with zero attached hydrogens (tertiary/aromatic N) is 3. The molecule has 0 bridgehead atoms. The fourth-order valence-corrected chi connectivity index (χ4v) is 3.38. The van der Waals surface area contributed by atoms with Crippen LogP contribution in [0.5, 0.6) is 0 Å². The number of anilines is 1. The van der Waals surface area contributed by atoms with Crippen molar-refractivity contribution in [2.75, 3.05) is 5.32 Å². The average Bonchev–Trinajstić information content (AvgIpc) is 3.04. The van der Waals surface area contributed by atoms with Crippen LogP contribution in [0, 0.1) is 3.57 Å². The van der Waals surface area contributed by atoms with E-state index in [1.807, 2.05) is 31.2 Å². The summed E-state index contributed by atoms with van der Waals surface area (Å²) < 4.78 is 1.13. The van der Waals surface area contributed by atoms with Crippen molar-refractivity contribution in [1.29, 1.82) is 0 Å². The van der Waals surface area contributed by atoms with Gasteiger partial charge in [0, 0.05) is 9.26 Å². The number of nitrogens with one attached hydrogen (secondary N) is 2. The molecule has 0 fully saturated rings. The van der Waals surface area contributed by atoms with Crippen LogP contribution in [0.15, 0.2) is 41.9 Å². The molecule has 1 atom stereocenters. The predicted octanol–water partition coefficient (Wildman–Crippen LogP) is 3.47. The lowest BCUT2D eigenvalue weighted by atomic mass is 10.3. The second-order valence-corrected chi connectivity index (χ2v) is 7.23. The minimum Gasteiger partial charge on any atom is -0.341 e. The molecule has 1 amide bonds. The molecule has 8 heteroatoms. The summed E-state index contributed by atoms with van der Waals surface area (Å²) in [5, 5.41) is 3.44. The van der Waals surface area contributed by atoms with E-state index in [0.29, 0.717) is 12.1 Å². The lowest BCUT2D eigenvalue weighted by Gasteiger charge is -2.14. The zero-order valence-corrected chi connectivity index (χ0v) is 15.3. The van der Waals surface area contributed by atoms with Gasteiger partial charge < -0.3 is 10.3 Å². The van der Waals surface area contributed by atoms with Crippen molar-refractivity contribution in [3.05, 3.63) is 40.5 Å². The SMILES string of the molecule is CC[C@H](Sc1ncnc2nc[nH]c12)C(=O)Nc1ccc(I)cc1. The summed E-state index contributed by atoms with van der Waals surface area (Å²) in [5.74, 6) is -0.0371. The van der Waals surface area contributed by atoms with Crippen molar-refractivity contribution in [3.8, 4) is 0 Å². The molecule has 2 aromatic heterocycles. The van der Waals surface area contributed by atoms with Crippen molar-refractivity contribution in [3.63, 3.8) is 0 Å². The van der Waals surface area contributed by atoms with Crippen LogP contribution in [0.1, 0.15) is 13.3 Å². The van der Waals surface area contributed by atoms with Gasteiger partial charge in [0.25, 0.3) is 0 Å². The highest BCUT2D eigenvalue weighted by atomic mass is 127. The number of carbonyl (C=O) groups excluding carboxylic acids is 1. The van der Waals surface area contributed by atoms with Crippen LogP contribution in [-0.4, -0.2) is 31.1 Å². The number of benzene rings is 1. The van der Waals surface area contributed by atoms with Crippen molar-refractivity contribution in [1.82, 2.24) is 19.9 Å². The maximum absolute atomic E-state index is 12.5. The Labute approximate surface area is 151 Å². The summed E-state index contributed by atoms with van der Waals surface area (Å²) in [6.07, 6.45) is 3.74. The van der Waals surface area contributed by atoms with Gasteiger partial charge in [-0.15, -0.1) is 0 Å². The molecular weight excluding hydrogens is 425 g/mol. The molecule has 0 saturated heterocycles. The molecule has 118 valence electrons. The van der Waals surface area contributed by atoms with Gasteiger partial charge in [0.2, 0.25) is 5.91 Å². The minimum absolute atomic E-state index is 0.0371. The van der Waals surface area contributed by atoms with E-state index in [-0.39, 0.29) is 11.2 Å². The topological polar surface area (TPSA) is 83.6 Å². The molecule has 0 radical (unpaired) electrons. The zero-order valence-electron chi connectivity index (χ0n) is 12.3.